The van der Waals surface area contributed by atoms with E-state index in [2.05, 4.69) is 13.5 Å². The van der Waals surface area contributed by atoms with Crippen LogP contribution in [0.25, 0.3) is 0 Å². The maximum Gasteiger partial charge on any atom is 0.304 e. The number of hydrogen-bond donors (Lipinski definition) is 0. The minimum Gasteiger partial charge on any atom is -0.367 e. The van der Waals surface area contributed by atoms with Gasteiger partial charge in [0.25, 0.3) is 0 Å². The van der Waals surface area contributed by atoms with Crippen molar-refractivity contribution in [3.8, 4) is 0 Å². The van der Waals surface area contributed by atoms with Gasteiger partial charge in [-0.15, -0.1) is 6.58 Å². The molecule has 0 aliphatic heterocycles. The standard InChI is InChI=1S/C16H27F3O/c1-3-5-6-7-8-9-10-11-12-14(20-13-4-2)15(17)16(18)19/h4,14H,2-3,5-13H2,1H3. The van der Waals surface area contributed by atoms with Crippen LogP contribution in [0.15, 0.2) is 24.6 Å². The molecule has 4 heteroatoms. The summed E-state index contributed by atoms with van der Waals surface area (Å²) in [7, 11) is 0. The highest BCUT2D eigenvalue weighted by molar-refractivity contribution is 4.99. The molecular weight excluding hydrogens is 265 g/mol. The van der Waals surface area contributed by atoms with Crippen molar-refractivity contribution >= 4 is 0 Å². The van der Waals surface area contributed by atoms with Crippen LogP contribution in [0, 0.1) is 0 Å². The van der Waals surface area contributed by atoms with E-state index >= 15 is 0 Å². The summed E-state index contributed by atoms with van der Waals surface area (Å²) in [4.78, 5) is 0. The van der Waals surface area contributed by atoms with E-state index in [9.17, 15) is 13.2 Å². The highest BCUT2D eigenvalue weighted by Gasteiger charge is 2.19. The van der Waals surface area contributed by atoms with Gasteiger partial charge in [0.2, 0.25) is 0 Å². The van der Waals surface area contributed by atoms with Gasteiger partial charge in [0.05, 0.1) is 6.61 Å². The SMILES string of the molecule is C=CCOC(CCCCCCCCCC)C(F)=C(F)F. The van der Waals surface area contributed by atoms with Gasteiger partial charge in [-0.25, -0.2) is 4.39 Å². The molecule has 20 heavy (non-hydrogen) atoms. The zero-order chi connectivity index (χ0) is 15.2. The van der Waals surface area contributed by atoms with E-state index in [1.54, 1.807) is 0 Å². The number of unbranched alkanes of at least 4 members (excludes halogenated alkanes) is 7. The summed E-state index contributed by atoms with van der Waals surface area (Å²) in [6.45, 7) is 5.69. The van der Waals surface area contributed by atoms with E-state index in [4.69, 9.17) is 4.74 Å². The minimum atomic E-state index is -2.28. The Labute approximate surface area is 120 Å². The largest absolute Gasteiger partial charge is 0.367 e. The second-order valence-electron chi connectivity index (χ2n) is 4.98. The van der Waals surface area contributed by atoms with Crippen molar-refractivity contribution in [1.82, 2.24) is 0 Å². The smallest absolute Gasteiger partial charge is 0.304 e. The summed E-state index contributed by atoms with van der Waals surface area (Å²) >= 11 is 0. The Bertz CT molecular complexity index is 273. The van der Waals surface area contributed by atoms with Crippen molar-refractivity contribution in [3.05, 3.63) is 24.6 Å². The maximum absolute atomic E-state index is 13.2. The molecule has 0 aromatic rings. The molecule has 0 aliphatic rings. The van der Waals surface area contributed by atoms with E-state index in [0.29, 0.717) is 12.8 Å². The van der Waals surface area contributed by atoms with Crippen LogP contribution in [-0.2, 0) is 4.74 Å². The Morgan fingerprint density at radius 3 is 2.05 bits per heavy atom. The fraction of sp³-hybridized carbons (Fsp3) is 0.750. The normalized spacial score (nSPS) is 12.2. The molecule has 0 spiro atoms. The zero-order valence-corrected chi connectivity index (χ0v) is 12.5. The molecule has 0 heterocycles. The van der Waals surface area contributed by atoms with Crippen molar-refractivity contribution < 1.29 is 17.9 Å². The van der Waals surface area contributed by atoms with Gasteiger partial charge >= 0.3 is 6.08 Å². The van der Waals surface area contributed by atoms with Gasteiger partial charge in [0, 0.05) is 0 Å². The first-order valence-corrected chi connectivity index (χ1v) is 7.56. The molecule has 0 rings (SSSR count). The van der Waals surface area contributed by atoms with Crippen LogP contribution < -0.4 is 0 Å². The monoisotopic (exact) mass is 292 g/mol. The summed E-state index contributed by atoms with van der Waals surface area (Å²) in [5, 5.41) is 0. The average Bonchev–Trinajstić information content (AvgIpc) is 2.44. The molecule has 0 fully saturated rings. The predicted molar refractivity (Wildman–Crippen MR) is 77.5 cm³/mol. The molecule has 1 atom stereocenters. The summed E-state index contributed by atoms with van der Waals surface area (Å²) in [6.07, 6.45) is 7.16. The van der Waals surface area contributed by atoms with Gasteiger partial charge in [-0.1, -0.05) is 64.4 Å². The van der Waals surface area contributed by atoms with Gasteiger partial charge in [-0.2, -0.15) is 8.78 Å². The maximum atomic E-state index is 13.2. The Kier molecular flexibility index (Phi) is 12.7. The Morgan fingerprint density at radius 1 is 1.00 bits per heavy atom. The lowest BCUT2D eigenvalue weighted by atomic mass is 10.1. The number of hydrogen-bond acceptors (Lipinski definition) is 1. The molecule has 118 valence electrons. The predicted octanol–water partition coefficient (Wildman–Crippen LogP) is 6.17. The van der Waals surface area contributed by atoms with E-state index in [0.717, 1.165) is 19.3 Å². The van der Waals surface area contributed by atoms with Gasteiger partial charge in [0.1, 0.15) is 6.10 Å². The second-order valence-corrected chi connectivity index (χ2v) is 4.98. The average molecular weight is 292 g/mol. The fourth-order valence-electron chi connectivity index (χ4n) is 2.05. The summed E-state index contributed by atoms with van der Waals surface area (Å²) in [6, 6.07) is 0. The topological polar surface area (TPSA) is 9.23 Å². The summed E-state index contributed by atoms with van der Waals surface area (Å²) in [5.74, 6) is -1.44. The van der Waals surface area contributed by atoms with Gasteiger partial charge < -0.3 is 4.74 Å². The molecule has 0 N–H and O–H groups in total. The second kappa shape index (κ2) is 13.2. The van der Waals surface area contributed by atoms with Crippen molar-refractivity contribution in [2.45, 2.75) is 70.8 Å². The molecule has 0 saturated heterocycles. The van der Waals surface area contributed by atoms with E-state index < -0.39 is 18.0 Å². The molecule has 0 aromatic carbocycles. The van der Waals surface area contributed by atoms with Crippen LogP contribution in [0.3, 0.4) is 0 Å². The lowest BCUT2D eigenvalue weighted by molar-refractivity contribution is 0.0691. The van der Waals surface area contributed by atoms with Crippen LogP contribution in [0.2, 0.25) is 0 Å². The third-order valence-corrected chi connectivity index (χ3v) is 3.20. The van der Waals surface area contributed by atoms with Crippen LogP contribution >= 0.6 is 0 Å². The number of rotatable bonds is 13. The first kappa shape index (κ1) is 19.2. The third kappa shape index (κ3) is 10.1. The molecule has 0 bridgehead atoms. The molecule has 0 radical (unpaired) electrons. The highest BCUT2D eigenvalue weighted by atomic mass is 19.3. The minimum absolute atomic E-state index is 0.0857. The summed E-state index contributed by atoms with van der Waals surface area (Å²) in [5.41, 5.74) is 0. The number of halogens is 3. The molecule has 0 amide bonds. The zero-order valence-electron chi connectivity index (χ0n) is 12.5. The van der Waals surface area contributed by atoms with Gasteiger partial charge in [-0.3, -0.25) is 0 Å². The van der Waals surface area contributed by atoms with Crippen LogP contribution in [-0.4, -0.2) is 12.7 Å². The lowest BCUT2D eigenvalue weighted by Gasteiger charge is -2.14. The Hall–Kier alpha value is -0.770. The summed E-state index contributed by atoms with van der Waals surface area (Å²) < 4.78 is 42.7. The lowest BCUT2D eigenvalue weighted by Crippen LogP contribution is -2.14. The molecule has 0 aromatic heterocycles. The van der Waals surface area contributed by atoms with Gasteiger partial charge in [0.15, 0.2) is 5.83 Å². The van der Waals surface area contributed by atoms with E-state index in [-0.39, 0.29) is 6.61 Å². The molecule has 1 nitrogen and oxygen atoms in total. The first-order chi connectivity index (χ1) is 9.63. The highest BCUT2D eigenvalue weighted by Crippen LogP contribution is 2.21. The van der Waals surface area contributed by atoms with Crippen LogP contribution in [0.5, 0.6) is 0 Å². The van der Waals surface area contributed by atoms with Crippen LogP contribution in [0.1, 0.15) is 64.7 Å². The van der Waals surface area contributed by atoms with E-state index in [1.165, 1.54) is 31.8 Å². The van der Waals surface area contributed by atoms with Gasteiger partial charge in [-0.05, 0) is 6.42 Å². The van der Waals surface area contributed by atoms with Crippen LogP contribution in [0.4, 0.5) is 13.2 Å². The van der Waals surface area contributed by atoms with Crippen molar-refractivity contribution in [2.24, 2.45) is 0 Å². The van der Waals surface area contributed by atoms with Crippen molar-refractivity contribution in [1.29, 1.82) is 0 Å². The number of ether oxygens (including phenoxy) is 1. The first-order valence-electron chi connectivity index (χ1n) is 7.56. The van der Waals surface area contributed by atoms with Crippen molar-refractivity contribution in [3.63, 3.8) is 0 Å². The molecule has 0 aliphatic carbocycles. The molecule has 1 unspecified atom stereocenters. The Morgan fingerprint density at radius 2 is 1.55 bits per heavy atom. The Balaban J connectivity index is 3.80. The van der Waals surface area contributed by atoms with Crippen molar-refractivity contribution in [2.75, 3.05) is 6.61 Å². The van der Waals surface area contributed by atoms with E-state index in [1.807, 2.05) is 0 Å². The quantitative estimate of drug-likeness (QED) is 0.291. The third-order valence-electron chi connectivity index (χ3n) is 3.20. The molecular formula is C16H27F3O. The fourth-order valence-corrected chi connectivity index (χ4v) is 2.05. The molecule has 0 saturated carbocycles.